The van der Waals surface area contributed by atoms with Gasteiger partial charge in [0.25, 0.3) is 5.17 Å². The Hall–Kier alpha value is -0.975. The first-order chi connectivity index (χ1) is 9.62. The molecule has 1 aromatic rings. The molecule has 0 bridgehead atoms. The van der Waals surface area contributed by atoms with Crippen molar-refractivity contribution in [2.75, 3.05) is 0 Å². The molecule has 0 aliphatic carbocycles. The molecule has 1 heterocycles. The summed E-state index contributed by atoms with van der Waals surface area (Å²) in [7, 11) is -0.334. The zero-order valence-corrected chi connectivity index (χ0v) is 14.2. The molecular weight excluding hydrogens is 283 g/mol. The van der Waals surface area contributed by atoms with Crippen molar-refractivity contribution in [2.24, 2.45) is 5.73 Å². The fourth-order valence-corrected chi connectivity index (χ4v) is 2.68. The van der Waals surface area contributed by atoms with Gasteiger partial charge in [0.05, 0.1) is 11.2 Å². The van der Waals surface area contributed by atoms with Crippen LogP contribution in [0.15, 0.2) is 18.2 Å². The van der Waals surface area contributed by atoms with E-state index in [9.17, 15) is 0 Å². The van der Waals surface area contributed by atoms with E-state index in [1.807, 2.05) is 0 Å². The minimum Gasteiger partial charge on any atom is -0.399 e. The summed E-state index contributed by atoms with van der Waals surface area (Å²) >= 11 is 1.43. The van der Waals surface area contributed by atoms with Crippen molar-refractivity contribution in [2.45, 2.75) is 51.6 Å². The number of hydrogen-bond donors (Lipinski definition) is 2. The van der Waals surface area contributed by atoms with Crippen LogP contribution >= 0.6 is 11.8 Å². The second-order valence-electron chi connectivity index (χ2n) is 6.47. The Balaban J connectivity index is 2.24. The van der Waals surface area contributed by atoms with Crippen LogP contribution in [-0.2, 0) is 15.1 Å². The van der Waals surface area contributed by atoms with Crippen molar-refractivity contribution in [3.05, 3.63) is 29.3 Å². The van der Waals surface area contributed by atoms with Gasteiger partial charge in [-0.05, 0) is 57.4 Å². The molecule has 114 valence electrons. The Labute approximate surface area is 131 Å². The molecule has 21 heavy (non-hydrogen) atoms. The summed E-state index contributed by atoms with van der Waals surface area (Å²) < 4.78 is 12.3. The van der Waals surface area contributed by atoms with E-state index in [1.165, 1.54) is 11.8 Å². The Morgan fingerprint density at radius 2 is 1.81 bits per heavy atom. The first kappa shape index (κ1) is 16.4. The molecule has 1 aromatic carbocycles. The molecule has 0 unspecified atom stereocenters. The van der Waals surface area contributed by atoms with Crippen LogP contribution in [0.3, 0.4) is 0 Å². The van der Waals surface area contributed by atoms with Gasteiger partial charge in [-0.1, -0.05) is 23.8 Å². The normalized spacial score (nSPS) is 19.8. The third-order valence-corrected chi connectivity index (χ3v) is 5.07. The fourth-order valence-electron chi connectivity index (χ4n) is 2.17. The van der Waals surface area contributed by atoms with E-state index in [1.54, 1.807) is 0 Å². The Morgan fingerprint density at radius 3 is 2.33 bits per heavy atom. The number of rotatable bonds is 3. The van der Waals surface area contributed by atoms with Crippen LogP contribution in [0.25, 0.3) is 0 Å². The average Bonchev–Trinajstić information content (AvgIpc) is 2.57. The number of amidine groups is 1. The van der Waals surface area contributed by atoms with Gasteiger partial charge < -0.3 is 9.31 Å². The minimum atomic E-state index is -0.334. The van der Waals surface area contributed by atoms with Gasteiger partial charge in [-0.3, -0.25) is 11.1 Å². The van der Waals surface area contributed by atoms with Crippen LogP contribution in [-0.4, -0.2) is 23.5 Å². The molecule has 1 aliphatic rings. The van der Waals surface area contributed by atoms with E-state index < -0.39 is 0 Å². The summed E-state index contributed by atoms with van der Waals surface area (Å²) in [6, 6.07) is 6.29. The fraction of sp³-hybridized carbons (Fsp3) is 0.533. The molecule has 4 N–H and O–H groups in total. The lowest BCUT2D eigenvalue weighted by molar-refractivity contribution is -0.110. The van der Waals surface area contributed by atoms with E-state index in [-0.39, 0.29) is 18.3 Å². The van der Waals surface area contributed by atoms with Gasteiger partial charge in [0.15, 0.2) is 0 Å². The number of hydrogen-bond acceptors (Lipinski definition) is 3. The van der Waals surface area contributed by atoms with E-state index >= 15 is 0 Å². The van der Waals surface area contributed by atoms with E-state index in [0.29, 0.717) is 5.17 Å². The van der Waals surface area contributed by atoms with Gasteiger partial charge >= 0.3 is 7.12 Å². The SMILES string of the molecule is Cc1ccc(CSC(N)=[NH2+])cc1B1OC(C)(C)C(C)(C)O1. The van der Waals surface area contributed by atoms with Crippen molar-refractivity contribution in [1.82, 2.24) is 0 Å². The summed E-state index contributed by atoms with van der Waals surface area (Å²) in [6.45, 7) is 10.3. The van der Waals surface area contributed by atoms with Crippen LogP contribution < -0.4 is 16.6 Å². The van der Waals surface area contributed by atoms with Crippen molar-refractivity contribution in [3.63, 3.8) is 0 Å². The highest BCUT2D eigenvalue weighted by Crippen LogP contribution is 2.36. The Morgan fingerprint density at radius 1 is 1.24 bits per heavy atom. The maximum Gasteiger partial charge on any atom is 0.495 e. The number of aryl methyl sites for hydroxylation is 1. The summed E-state index contributed by atoms with van der Waals surface area (Å²) in [5.41, 5.74) is 8.24. The Bertz CT molecular complexity index is 545. The quantitative estimate of drug-likeness (QED) is 0.487. The van der Waals surface area contributed by atoms with Gasteiger partial charge in [0, 0.05) is 5.75 Å². The van der Waals surface area contributed by atoms with Crippen LogP contribution in [0.5, 0.6) is 0 Å². The molecule has 0 atom stereocenters. The molecule has 0 radical (unpaired) electrons. The van der Waals surface area contributed by atoms with Gasteiger partial charge in [0.1, 0.15) is 0 Å². The van der Waals surface area contributed by atoms with Gasteiger partial charge in [0.2, 0.25) is 0 Å². The average molecular weight is 307 g/mol. The maximum absolute atomic E-state index is 6.13. The summed E-state index contributed by atoms with van der Waals surface area (Å²) in [4.78, 5) is 0. The lowest BCUT2D eigenvalue weighted by Crippen LogP contribution is -2.43. The van der Waals surface area contributed by atoms with Gasteiger partial charge in [-0.25, -0.2) is 0 Å². The standard InChI is InChI=1S/C15H23BN2O2S/c1-10-6-7-11(9-21-13(17)18)8-12(10)16-19-14(2,3)15(4,5)20-16/h6-8H,9H2,1-5H3,(H3,17,18)/p+1. The summed E-state index contributed by atoms with van der Waals surface area (Å²) in [5, 5.41) is 5.89. The molecule has 1 aliphatic heterocycles. The summed E-state index contributed by atoms with van der Waals surface area (Å²) in [6.07, 6.45) is 0. The molecule has 0 amide bonds. The van der Waals surface area contributed by atoms with Crippen LogP contribution in [0.4, 0.5) is 0 Å². The molecule has 4 nitrogen and oxygen atoms in total. The molecular formula is C15H24BN2O2S+. The largest absolute Gasteiger partial charge is 0.495 e. The van der Waals surface area contributed by atoms with Gasteiger partial charge in [-0.15, -0.1) is 0 Å². The Kier molecular flexibility index (Phi) is 4.43. The zero-order valence-electron chi connectivity index (χ0n) is 13.4. The number of thioether (sulfide) groups is 1. The van der Waals surface area contributed by atoms with Crippen molar-refractivity contribution >= 4 is 29.5 Å². The molecule has 0 aromatic heterocycles. The topological polar surface area (TPSA) is 70.1 Å². The van der Waals surface area contributed by atoms with Crippen LogP contribution in [0.1, 0.15) is 38.8 Å². The van der Waals surface area contributed by atoms with Gasteiger partial charge in [-0.2, -0.15) is 0 Å². The van der Waals surface area contributed by atoms with Crippen LogP contribution in [0.2, 0.25) is 0 Å². The second-order valence-corrected chi connectivity index (χ2v) is 7.52. The summed E-state index contributed by atoms with van der Waals surface area (Å²) in [5.74, 6) is 0.745. The van der Waals surface area contributed by atoms with Crippen molar-refractivity contribution < 1.29 is 14.7 Å². The third kappa shape index (κ3) is 3.44. The predicted octanol–water partition coefficient (Wildman–Crippen LogP) is 0.601. The molecule has 6 heteroatoms. The first-order valence-corrected chi connectivity index (χ1v) is 8.07. The third-order valence-electron chi connectivity index (χ3n) is 4.26. The smallest absolute Gasteiger partial charge is 0.399 e. The second kappa shape index (κ2) is 5.67. The molecule has 1 saturated heterocycles. The predicted molar refractivity (Wildman–Crippen MR) is 89.3 cm³/mol. The lowest BCUT2D eigenvalue weighted by Gasteiger charge is -2.32. The first-order valence-electron chi connectivity index (χ1n) is 7.08. The highest BCUT2D eigenvalue weighted by Gasteiger charge is 2.52. The highest BCUT2D eigenvalue weighted by molar-refractivity contribution is 8.12. The zero-order chi connectivity index (χ0) is 15.8. The molecule has 0 spiro atoms. The highest BCUT2D eigenvalue weighted by atomic mass is 32.2. The van der Waals surface area contributed by atoms with Crippen molar-refractivity contribution in [3.8, 4) is 0 Å². The molecule has 1 fully saturated rings. The number of nitrogens with two attached hydrogens (primary N) is 2. The molecule has 0 saturated carbocycles. The van der Waals surface area contributed by atoms with Crippen molar-refractivity contribution in [1.29, 1.82) is 0 Å². The lowest BCUT2D eigenvalue weighted by atomic mass is 9.75. The molecule has 2 rings (SSSR count). The van der Waals surface area contributed by atoms with E-state index in [0.717, 1.165) is 22.3 Å². The van der Waals surface area contributed by atoms with E-state index in [2.05, 4.69) is 52.8 Å². The van der Waals surface area contributed by atoms with E-state index in [4.69, 9.17) is 20.5 Å². The monoisotopic (exact) mass is 307 g/mol. The minimum absolute atomic E-state index is 0.329. The van der Waals surface area contributed by atoms with Crippen LogP contribution in [0, 0.1) is 6.92 Å². The maximum atomic E-state index is 6.13. The number of benzene rings is 1.